The normalized spacial score (nSPS) is 16.8. The van der Waals surface area contributed by atoms with Gasteiger partial charge in [-0.15, -0.1) is 0 Å². The van der Waals surface area contributed by atoms with Crippen LogP contribution in [0.2, 0.25) is 0 Å². The Labute approximate surface area is 268 Å². The maximum absolute atomic E-state index is 9.55. The molecule has 0 amide bonds. The van der Waals surface area contributed by atoms with Crippen LogP contribution in [0.25, 0.3) is 33.4 Å². The van der Waals surface area contributed by atoms with Crippen LogP contribution in [-0.4, -0.2) is 36.6 Å². The predicted octanol–water partition coefficient (Wildman–Crippen LogP) is 9.43. The van der Waals surface area contributed by atoms with Crippen LogP contribution >= 0.6 is 0 Å². The second kappa shape index (κ2) is 13.8. The van der Waals surface area contributed by atoms with Crippen LogP contribution in [0.4, 0.5) is 0 Å². The quantitative estimate of drug-likeness (QED) is 0.167. The SMILES string of the molecule is OCCOc1ccc(-c2ccc3c(c2-c2ccc(OCCO)c(C4CCCCC4)c2)Cc2ccccc2-3)cc1C1CCCCC1. The summed E-state index contributed by atoms with van der Waals surface area (Å²) in [6.07, 6.45) is 13.3. The third-order valence-corrected chi connectivity index (χ3v) is 10.4. The molecule has 0 aromatic heterocycles. The first-order valence-electron chi connectivity index (χ1n) is 17.2. The van der Waals surface area contributed by atoms with Gasteiger partial charge >= 0.3 is 0 Å². The summed E-state index contributed by atoms with van der Waals surface area (Å²) in [6.45, 7) is 0.662. The fourth-order valence-electron chi connectivity index (χ4n) is 8.24. The smallest absolute Gasteiger partial charge is 0.122 e. The molecule has 0 spiro atoms. The van der Waals surface area contributed by atoms with Gasteiger partial charge in [0.25, 0.3) is 0 Å². The van der Waals surface area contributed by atoms with Gasteiger partial charge in [0.05, 0.1) is 13.2 Å². The van der Waals surface area contributed by atoms with E-state index in [1.807, 2.05) is 0 Å². The van der Waals surface area contributed by atoms with Gasteiger partial charge in [-0.25, -0.2) is 0 Å². The largest absolute Gasteiger partial charge is 0.491 e. The lowest BCUT2D eigenvalue weighted by molar-refractivity contribution is 0.199. The van der Waals surface area contributed by atoms with Gasteiger partial charge in [-0.3, -0.25) is 0 Å². The minimum atomic E-state index is 0.0157. The summed E-state index contributed by atoms with van der Waals surface area (Å²) in [5, 5.41) is 19.1. The van der Waals surface area contributed by atoms with Crippen molar-refractivity contribution in [2.45, 2.75) is 82.5 Å². The Morgan fingerprint density at radius 2 is 1.11 bits per heavy atom. The van der Waals surface area contributed by atoms with Gasteiger partial charge < -0.3 is 19.7 Å². The van der Waals surface area contributed by atoms with E-state index in [9.17, 15) is 10.2 Å². The highest BCUT2D eigenvalue weighted by Crippen LogP contribution is 2.49. The highest BCUT2D eigenvalue weighted by Gasteiger charge is 2.27. The molecule has 4 aromatic rings. The number of ether oxygens (including phenoxy) is 2. The zero-order valence-corrected chi connectivity index (χ0v) is 26.4. The molecular formula is C41H46O4. The number of aliphatic hydroxyl groups excluding tert-OH is 2. The molecule has 0 radical (unpaired) electrons. The number of hydrogen-bond donors (Lipinski definition) is 2. The first kappa shape index (κ1) is 30.1. The molecular weight excluding hydrogens is 556 g/mol. The summed E-state index contributed by atoms with van der Waals surface area (Å²) in [5.41, 5.74) is 13.1. The zero-order valence-electron chi connectivity index (χ0n) is 26.4. The van der Waals surface area contributed by atoms with E-state index >= 15 is 0 Å². The number of benzene rings is 4. The molecule has 0 heterocycles. The molecule has 3 aliphatic rings. The van der Waals surface area contributed by atoms with Gasteiger partial charge in [-0.05, 0) is 124 Å². The van der Waals surface area contributed by atoms with Crippen LogP contribution in [0.5, 0.6) is 11.5 Å². The molecule has 4 aromatic carbocycles. The van der Waals surface area contributed by atoms with Crippen LogP contribution in [0, 0.1) is 0 Å². The van der Waals surface area contributed by atoms with Gasteiger partial charge in [0, 0.05) is 0 Å². The van der Waals surface area contributed by atoms with Gasteiger partial charge in [0.15, 0.2) is 0 Å². The van der Waals surface area contributed by atoms with E-state index in [1.54, 1.807) is 0 Å². The summed E-state index contributed by atoms with van der Waals surface area (Å²) in [6, 6.07) is 27.0. The molecule has 0 aliphatic heterocycles. The van der Waals surface area contributed by atoms with E-state index in [-0.39, 0.29) is 13.2 Å². The van der Waals surface area contributed by atoms with Crippen molar-refractivity contribution in [3.05, 3.63) is 95.1 Å². The first-order valence-corrected chi connectivity index (χ1v) is 17.2. The summed E-state index contributed by atoms with van der Waals surface area (Å²) in [7, 11) is 0. The standard InChI is InChI=1S/C41H46O4/c42-21-23-44-39-19-15-31(25-36(39)28-9-3-1-4-10-28)34-17-18-35-33-14-8-7-13-30(33)26-38(35)41(34)32-16-20-40(45-24-22-43)37(27-32)29-11-5-2-6-12-29/h7-8,13-20,25,27-29,42-43H,1-6,9-12,21-24,26H2. The molecule has 4 nitrogen and oxygen atoms in total. The number of hydrogen-bond acceptors (Lipinski definition) is 4. The van der Waals surface area contributed by atoms with Crippen molar-refractivity contribution in [2.75, 3.05) is 26.4 Å². The highest BCUT2D eigenvalue weighted by molar-refractivity contribution is 5.94. The monoisotopic (exact) mass is 602 g/mol. The molecule has 2 N–H and O–H groups in total. The molecule has 0 saturated heterocycles. The second-order valence-electron chi connectivity index (χ2n) is 13.2. The maximum atomic E-state index is 9.55. The molecule has 45 heavy (non-hydrogen) atoms. The maximum Gasteiger partial charge on any atom is 0.122 e. The Kier molecular flexibility index (Phi) is 9.23. The summed E-state index contributed by atoms with van der Waals surface area (Å²) in [5.74, 6) is 2.79. The topological polar surface area (TPSA) is 58.9 Å². The molecule has 0 bridgehead atoms. The van der Waals surface area contributed by atoms with Crippen LogP contribution in [0.3, 0.4) is 0 Å². The Morgan fingerprint density at radius 3 is 1.73 bits per heavy atom. The number of aliphatic hydroxyl groups is 2. The third-order valence-electron chi connectivity index (χ3n) is 10.4. The first-order chi connectivity index (χ1) is 22.2. The number of rotatable bonds is 10. The van der Waals surface area contributed by atoms with Crippen LogP contribution in [0.15, 0.2) is 72.8 Å². The van der Waals surface area contributed by atoms with Crippen molar-refractivity contribution in [1.29, 1.82) is 0 Å². The van der Waals surface area contributed by atoms with E-state index < -0.39 is 0 Å². The summed E-state index contributed by atoms with van der Waals surface area (Å²) < 4.78 is 12.2. The number of fused-ring (bicyclic) bond motifs is 3. The van der Waals surface area contributed by atoms with Crippen molar-refractivity contribution in [3.63, 3.8) is 0 Å². The fourth-order valence-corrected chi connectivity index (χ4v) is 8.24. The molecule has 3 aliphatic carbocycles. The van der Waals surface area contributed by atoms with Gasteiger partial charge in [0.1, 0.15) is 24.7 Å². The molecule has 0 unspecified atom stereocenters. The van der Waals surface area contributed by atoms with E-state index in [0.29, 0.717) is 25.0 Å². The molecule has 234 valence electrons. The van der Waals surface area contributed by atoms with E-state index in [2.05, 4.69) is 72.8 Å². The lowest BCUT2D eigenvalue weighted by atomic mass is 9.80. The minimum Gasteiger partial charge on any atom is -0.491 e. The van der Waals surface area contributed by atoms with Gasteiger partial charge in [-0.1, -0.05) is 87.1 Å². The predicted molar refractivity (Wildman–Crippen MR) is 182 cm³/mol. The van der Waals surface area contributed by atoms with Crippen molar-refractivity contribution >= 4 is 0 Å². The third kappa shape index (κ3) is 6.15. The molecule has 0 atom stereocenters. The molecule has 2 saturated carbocycles. The van der Waals surface area contributed by atoms with Crippen molar-refractivity contribution in [3.8, 4) is 44.9 Å². The summed E-state index contributed by atoms with van der Waals surface area (Å²) in [4.78, 5) is 0. The Bertz CT molecular complexity index is 1630. The zero-order chi connectivity index (χ0) is 30.6. The van der Waals surface area contributed by atoms with Crippen LogP contribution in [-0.2, 0) is 6.42 Å². The summed E-state index contributed by atoms with van der Waals surface area (Å²) >= 11 is 0. The van der Waals surface area contributed by atoms with Gasteiger partial charge in [0.2, 0.25) is 0 Å². The van der Waals surface area contributed by atoms with Crippen molar-refractivity contribution in [1.82, 2.24) is 0 Å². The minimum absolute atomic E-state index is 0.0157. The fraction of sp³-hybridized carbons (Fsp3) is 0.415. The van der Waals surface area contributed by atoms with E-state index in [4.69, 9.17) is 9.47 Å². The average Bonchev–Trinajstić information content (AvgIpc) is 3.49. The van der Waals surface area contributed by atoms with Crippen molar-refractivity contribution < 1.29 is 19.7 Å². The average molecular weight is 603 g/mol. The van der Waals surface area contributed by atoms with Crippen LogP contribution in [0.1, 0.15) is 98.3 Å². The highest BCUT2D eigenvalue weighted by atomic mass is 16.5. The van der Waals surface area contributed by atoms with Crippen molar-refractivity contribution in [2.24, 2.45) is 0 Å². The van der Waals surface area contributed by atoms with E-state index in [0.717, 1.165) is 17.9 Å². The molecule has 4 heteroatoms. The lowest BCUT2D eigenvalue weighted by Crippen LogP contribution is -2.10. The van der Waals surface area contributed by atoms with Crippen LogP contribution < -0.4 is 9.47 Å². The second-order valence-corrected chi connectivity index (χ2v) is 13.2. The molecule has 2 fully saturated rings. The van der Waals surface area contributed by atoms with Gasteiger partial charge in [-0.2, -0.15) is 0 Å². The Morgan fingerprint density at radius 1 is 0.556 bits per heavy atom. The Balaban J connectivity index is 1.39. The molecule has 7 rings (SSSR count). The Hall–Kier alpha value is -3.60. The van der Waals surface area contributed by atoms with E-state index in [1.165, 1.54) is 120 Å². The lowest BCUT2D eigenvalue weighted by Gasteiger charge is -2.26.